The molecule has 0 aliphatic carbocycles. The predicted octanol–water partition coefficient (Wildman–Crippen LogP) is 2.90. The fraction of sp³-hybridized carbons (Fsp3) is 0.391. The molecule has 0 fully saturated rings. The number of hydrazine groups is 1. The molecule has 174 valence electrons. The van der Waals surface area contributed by atoms with Crippen LogP contribution in [0.5, 0.6) is 5.75 Å². The van der Waals surface area contributed by atoms with Crippen molar-refractivity contribution in [3.8, 4) is 5.75 Å². The smallest absolute Gasteiger partial charge is 0.269 e. The van der Waals surface area contributed by atoms with Gasteiger partial charge in [0.15, 0.2) is 0 Å². The zero-order valence-corrected chi connectivity index (χ0v) is 19.9. The van der Waals surface area contributed by atoms with Gasteiger partial charge in [-0.1, -0.05) is 32.9 Å². The fourth-order valence-electron chi connectivity index (χ4n) is 2.73. The summed E-state index contributed by atoms with van der Waals surface area (Å²) >= 11 is 0. The number of amides is 2. The minimum absolute atomic E-state index is 0.0224. The monoisotopic (exact) mass is 461 g/mol. The van der Waals surface area contributed by atoms with Crippen molar-refractivity contribution in [3.63, 3.8) is 0 Å². The Hall–Kier alpha value is -2.91. The molecule has 2 aromatic carbocycles. The van der Waals surface area contributed by atoms with E-state index in [1.165, 1.54) is 0 Å². The summed E-state index contributed by atoms with van der Waals surface area (Å²) in [4.78, 5) is 24.2. The molecule has 8 nitrogen and oxygen atoms in total. The molecule has 0 radical (unpaired) electrons. The molecule has 0 bridgehead atoms. The molecular weight excluding hydrogens is 430 g/mol. The molecule has 0 spiro atoms. The average Bonchev–Trinajstić information content (AvgIpc) is 2.71. The maximum absolute atomic E-state index is 12.4. The van der Waals surface area contributed by atoms with Crippen LogP contribution in [0.2, 0.25) is 0 Å². The summed E-state index contributed by atoms with van der Waals surface area (Å²) in [6.07, 6.45) is -0.116. The highest BCUT2D eigenvalue weighted by Gasteiger charge is 2.18. The summed E-state index contributed by atoms with van der Waals surface area (Å²) in [5, 5.41) is 0. The van der Waals surface area contributed by atoms with Crippen molar-refractivity contribution < 1.29 is 22.7 Å². The van der Waals surface area contributed by atoms with Crippen LogP contribution in [-0.4, -0.2) is 32.9 Å². The van der Waals surface area contributed by atoms with E-state index in [0.29, 0.717) is 11.3 Å². The van der Waals surface area contributed by atoms with Crippen molar-refractivity contribution in [2.45, 2.75) is 57.5 Å². The number of carbonyl (C=O) groups is 2. The van der Waals surface area contributed by atoms with Gasteiger partial charge in [-0.05, 0) is 61.2 Å². The predicted molar refractivity (Wildman–Crippen MR) is 123 cm³/mol. The highest BCUT2D eigenvalue weighted by atomic mass is 32.2. The third kappa shape index (κ3) is 7.65. The molecule has 0 heterocycles. The van der Waals surface area contributed by atoms with Gasteiger partial charge in [-0.25, -0.2) is 13.1 Å². The van der Waals surface area contributed by atoms with Gasteiger partial charge in [0.05, 0.1) is 11.0 Å². The van der Waals surface area contributed by atoms with Crippen LogP contribution in [0.25, 0.3) is 0 Å². The maximum Gasteiger partial charge on any atom is 0.269 e. The van der Waals surface area contributed by atoms with E-state index in [9.17, 15) is 18.0 Å². The van der Waals surface area contributed by atoms with E-state index in [1.54, 1.807) is 48.5 Å². The molecule has 9 heteroatoms. The van der Waals surface area contributed by atoms with E-state index in [4.69, 9.17) is 4.74 Å². The largest absolute Gasteiger partial charge is 0.491 e. The zero-order chi connectivity index (χ0) is 23.9. The van der Waals surface area contributed by atoms with Gasteiger partial charge >= 0.3 is 0 Å². The Morgan fingerprint density at radius 1 is 0.938 bits per heavy atom. The second-order valence-electron chi connectivity index (χ2n) is 8.62. The number of ether oxygens (including phenoxy) is 1. The second-order valence-corrected chi connectivity index (χ2v) is 10.4. The Morgan fingerprint density at radius 3 is 2.06 bits per heavy atom. The minimum Gasteiger partial charge on any atom is -0.491 e. The molecule has 0 aliphatic heterocycles. The molecule has 0 saturated heterocycles. The molecule has 2 rings (SSSR count). The van der Waals surface area contributed by atoms with Crippen molar-refractivity contribution in [3.05, 3.63) is 59.7 Å². The number of nitrogens with one attached hydrogen (secondary N) is 3. The average molecular weight is 462 g/mol. The molecule has 2 amide bonds. The number of sulfonamides is 1. The van der Waals surface area contributed by atoms with E-state index in [2.05, 4.69) is 15.6 Å². The van der Waals surface area contributed by atoms with Crippen LogP contribution in [0.1, 0.15) is 57.0 Å². The van der Waals surface area contributed by atoms with Crippen LogP contribution in [-0.2, 0) is 20.2 Å². The molecule has 0 aromatic heterocycles. The molecule has 0 saturated carbocycles. The van der Waals surface area contributed by atoms with Gasteiger partial charge in [0, 0.05) is 18.5 Å². The fourth-order valence-corrected chi connectivity index (χ4v) is 3.77. The number of hydrogen-bond acceptors (Lipinski definition) is 5. The lowest BCUT2D eigenvalue weighted by Gasteiger charge is -2.19. The van der Waals surface area contributed by atoms with Crippen LogP contribution in [0.15, 0.2) is 53.4 Å². The van der Waals surface area contributed by atoms with Crippen LogP contribution < -0.4 is 20.3 Å². The van der Waals surface area contributed by atoms with Crippen molar-refractivity contribution in [2.24, 2.45) is 0 Å². The van der Waals surface area contributed by atoms with Gasteiger partial charge in [-0.3, -0.25) is 20.4 Å². The number of benzene rings is 2. The quantitative estimate of drug-likeness (QED) is 0.523. The zero-order valence-electron chi connectivity index (χ0n) is 19.1. The highest BCUT2D eigenvalue weighted by molar-refractivity contribution is 7.89. The summed E-state index contributed by atoms with van der Waals surface area (Å²) in [7, 11) is -3.73. The van der Waals surface area contributed by atoms with Crippen molar-refractivity contribution in [1.82, 2.24) is 15.6 Å². The topological polar surface area (TPSA) is 114 Å². The number of rotatable bonds is 8. The van der Waals surface area contributed by atoms with Crippen LogP contribution in [0, 0.1) is 0 Å². The normalized spacial score (nSPS) is 11.8. The lowest BCUT2D eigenvalue weighted by Crippen LogP contribution is -2.42. The van der Waals surface area contributed by atoms with E-state index >= 15 is 0 Å². The van der Waals surface area contributed by atoms with Gasteiger partial charge < -0.3 is 4.74 Å². The third-order valence-corrected chi connectivity index (χ3v) is 5.96. The molecule has 0 atom stereocenters. The maximum atomic E-state index is 12.4. The Kier molecular flexibility index (Phi) is 8.40. The number of carbonyl (C=O) groups excluding carboxylic acids is 2. The minimum atomic E-state index is -3.73. The van der Waals surface area contributed by atoms with Crippen LogP contribution >= 0.6 is 0 Å². The first-order chi connectivity index (χ1) is 14.9. The molecule has 0 aliphatic rings. The summed E-state index contributed by atoms with van der Waals surface area (Å²) in [6.45, 7) is 9.83. The standard InChI is InChI=1S/C23H31N3O5S/c1-16(2)31-19-10-6-17(7-11-19)22(28)26-25-21(27)14-15-24-32(29,30)20-12-8-18(9-13-20)23(3,4)5/h6-13,16,24H,14-15H2,1-5H3,(H,25,27)(H,26,28). The Bertz CT molecular complexity index is 1020. The molecule has 3 N–H and O–H groups in total. The van der Waals surface area contributed by atoms with Gasteiger partial charge in [-0.15, -0.1) is 0 Å². The SMILES string of the molecule is CC(C)Oc1ccc(C(=O)NNC(=O)CCNS(=O)(=O)c2ccc(C(C)(C)C)cc2)cc1. The Labute approximate surface area is 189 Å². The van der Waals surface area contributed by atoms with Crippen molar-refractivity contribution in [1.29, 1.82) is 0 Å². The van der Waals surface area contributed by atoms with E-state index in [1.807, 2.05) is 34.6 Å². The number of hydrogen-bond donors (Lipinski definition) is 3. The molecule has 32 heavy (non-hydrogen) atoms. The molecular formula is C23H31N3O5S. The van der Waals surface area contributed by atoms with Gasteiger partial charge in [-0.2, -0.15) is 0 Å². The first-order valence-corrected chi connectivity index (χ1v) is 11.8. The van der Waals surface area contributed by atoms with Crippen LogP contribution in [0.4, 0.5) is 0 Å². The van der Waals surface area contributed by atoms with Gasteiger partial charge in [0.2, 0.25) is 15.9 Å². The third-order valence-electron chi connectivity index (χ3n) is 4.48. The first kappa shape index (κ1) is 25.4. The first-order valence-electron chi connectivity index (χ1n) is 10.3. The van der Waals surface area contributed by atoms with Gasteiger partial charge in [0.25, 0.3) is 5.91 Å². The highest BCUT2D eigenvalue weighted by Crippen LogP contribution is 2.23. The lowest BCUT2D eigenvalue weighted by atomic mass is 9.87. The second kappa shape index (κ2) is 10.6. The summed E-state index contributed by atoms with van der Waals surface area (Å²) in [5.74, 6) is -0.376. The molecule has 0 unspecified atom stereocenters. The van der Waals surface area contributed by atoms with Crippen molar-refractivity contribution >= 4 is 21.8 Å². The Balaban J connectivity index is 1.79. The summed E-state index contributed by atoms with van der Waals surface area (Å²) in [6, 6.07) is 13.1. The van der Waals surface area contributed by atoms with Crippen molar-refractivity contribution in [2.75, 3.05) is 6.54 Å². The Morgan fingerprint density at radius 2 is 1.53 bits per heavy atom. The molecule has 2 aromatic rings. The van der Waals surface area contributed by atoms with E-state index < -0.39 is 21.8 Å². The van der Waals surface area contributed by atoms with Crippen LogP contribution in [0.3, 0.4) is 0 Å². The van der Waals surface area contributed by atoms with Gasteiger partial charge in [0.1, 0.15) is 5.75 Å². The summed E-state index contributed by atoms with van der Waals surface area (Å²) in [5.41, 5.74) is 5.86. The van der Waals surface area contributed by atoms with E-state index in [-0.39, 0.29) is 29.4 Å². The lowest BCUT2D eigenvalue weighted by molar-refractivity contribution is -0.121. The van der Waals surface area contributed by atoms with E-state index in [0.717, 1.165) is 5.56 Å². The summed E-state index contributed by atoms with van der Waals surface area (Å²) < 4.78 is 32.7.